The molecule has 1 amide bonds. The molecule has 1 aliphatic rings. The van der Waals surface area contributed by atoms with E-state index in [9.17, 15) is 14.7 Å². The van der Waals surface area contributed by atoms with Gasteiger partial charge in [0.1, 0.15) is 5.75 Å². The summed E-state index contributed by atoms with van der Waals surface area (Å²) in [5, 5.41) is 12.5. The minimum absolute atomic E-state index is 0.0514. The van der Waals surface area contributed by atoms with Gasteiger partial charge in [0.05, 0.1) is 12.0 Å². The molecule has 0 aromatic heterocycles. The topological polar surface area (TPSA) is 75.6 Å². The van der Waals surface area contributed by atoms with Crippen molar-refractivity contribution in [2.24, 2.45) is 5.41 Å². The number of hydrogen-bond acceptors (Lipinski definition) is 3. The molecular formula is C20H21NO4. The Morgan fingerprint density at radius 1 is 1.08 bits per heavy atom. The smallest absolute Gasteiger partial charge is 0.310 e. The third kappa shape index (κ3) is 3.65. The van der Waals surface area contributed by atoms with Gasteiger partial charge in [-0.1, -0.05) is 24.3 Å². The van der Waals surface area contributed by atoms with Gasteiger partial charge in [-0.3, -0.25) is 9.59 Å². The molecule has 0 heterocycles. The highest BCUT2D eigenvalue weighted by Crippen LogP contribution is 2.40. The van der Waals surface area contributed by atoms with Gasteiger partial charge in [-0.2, -0.15) is 0 Å². The fraction of sp³-hybridized carbons (Fsp3) is 0.300. The van der Waals surface area contributed by atoms with E-state index in [1.54, 1.807) is 24.3 Å². The average Bonchev–Trinajstić information content (AvgIpc) is 2.96. The summed E-state index contributed by atoms with van der Waals surface area (Å²) in [5.74, 6) is -0.487. The summed E-state index contributed by atoms with van der Waals surface area (Å²) < 4.78 is 5.37. The molecule has 0 aliphatic heterocycles. The van der Waals surface area contributed by atoms with Gasteiger partial charge in [-0.05, 0) is 55.2 Å². The maximum Gasteiger partial charge on any atom is 0.310 e. The van der Waals surface area contributed by atoms with Crippen LogP contribution in [0.4, 0.5) is 5.69 Å². The molecule has 1 aliphatic carbocycles. The molecule has 0 bridgehead atoms. The molecule has 0 saturated carbocycles. The second-order valence-corrected chi connectivity index (χ2v) is 6.39. The average molecular weight is 339 g/mol. The first-order valence-corrected chi connectivity index (χ1v) is 8.35. The molecular weight excluding hydrogens is 318 g/mol. The first-order chi connectivity index (χ1) is 12.0. The lowest BCUT2D eigenvalue weighted by atomic mass is 9.81. The van der Waals surface area contributed by atoms with Crippen molar-refractivity contribution in [1.29, 1.82) is 0 Å². The highest BCUT2D eigenvalue weighted by Gasteiger charge is 2.45. The Bertz CT molecular complexity index is 758. The van der Waals surface area contributed by atoms with Crippen molar-refractivity contribution in [3.05, 3.63) is 59.7 Å². The molecule has 2 aromatic rings. The van der Waals surface area contributed by atoms with Crippen LogP contribution in [0.3, 0.4) is 0 Å². The molecule has 3 rings (SSSR count). The number of aliphatic carboxylic acids is 1. The van der Waals surface area contributed by atoms with Crippen LogP contribution in [-0.2, 0) is 22.4 Å². The second-order valence-electron chi connectivity index (χ2n) is 6.39. The number of amides is 1. The Kier molecular flexibility index (Phi) is 4.74. The van der Waals surface area contributed by atoms with Crippen molar-refractivity contribution in [2.75, 3.05) is 11.9 Å². The molecule has 2 aromatic carbocycles. The van der Waals surface area contributed by atoms with Crippen LogP contribution in [-0.4, -0.2) is 23.6 Å². The van der Waals surface area contributed by atoms with Crippen LogP contribution < -0.4 is 10.1 Å². The monoisotopic (exact) mass is 339 g/mol. The van der Waals surface area contributed by atoms with E-state index in [1.165, 1.54) is 0 Å². The van der Waals surface area contributed by atoms with Crippen LogP contribution in [0.15, 0.2) is 48.5 Å². The van der Waals surface area contributed by atoms with Crippen molar-refractivity contribution in [1.82, 2.24) is 0 Å². The quantitative estimate of drug-likeness (QED) is 0.847. The Labute approximate surface area is 146 Å². The van der Waals surface area contributed by atoms with Gasteiger partial charge in [0.2, 0.25) is 5.91 Å². The number of ether oxygens (including phenoxy) is 1. The van der Waals surface area contributed by atoms with E-state index in [0.29, 0.717) is 25.1 Å². The van der Waals surface area contributed by atoms with E-state index in [0.717, 1.165) is 16.9 Å². The maximum atomic E-state index is 12.4. The van der Waals surface area contributed by atoms with E-state index in [4.69, 9.17) is 4.74 Å². The van der Waals surface area contributed by atoms with Crippen LogP contribution >= 0.6 is 0 Å². The lowest BCUT2D eigenvalue weighted by Crippen LogP contribution is -2.36. The van der Waals surface area contributed by atoms with Gasteiger partial charge >= 0.3 is 5.97 Å². The molecule has 5 nitrogen and oxygen atoms in total. The molecule has 0 fully saturated rings. The molecule has 5 heteroatoms. The van der Waals surface area contributed by atoms with Gasteiger partial charge in [0.25, 0.3) is 0 Å². The molecule has 0 saturated heterocycles. The fourth-order valence-corrected chi connectivity index (χ4v) is 3.36. The minimum atomic E-state index is -1.07. The highest BCUT2D eigenvalue weighted by molar-refractivity contribution is 5.94. The summed E-state index contributed by atoms with van der Waals surface area (Å²) in [5.41, 5.74) is 1.58. The number of nitrogens with one attached hydrogen (secondary N) is 1. The predicted octanol–water partition coefficient (Wildman–Crippen LogP) is 3.28. The minimum Gasteiger partial charge on any atom is -0.494 e. The molecule has 0 radical (unpaired) electrons. The number of carbonyl (C=O) groups excluding carboxylic acids is 1. The number of carboxylic acids is 1. The zero-order chi connectivity index (χ0) is 17.9. The molecule has 2 N–H and O–H groups in total. The summed E-state index contributed by atoms with van der Waals surface area (Å²) in [6.07, 6.45) is 0.717. The highest BCUT2D eigenvalue weighted by atomic mass is 16.5. The van der Waals surface area contributed by atoms with E-state index >= 15 is 0 Å². The normalized spacial score (nSPS) is 14.6. The van der Waals surface area contributed by atoms with E-state index in [2.05, 4.69) is 5.32 Å². The molecule has 0 spiro atoms. The summed E-state index contributed by atoms with van der Waals surface area (Å²) in [6, 6.07) is 14.7. The largest absolute Gasteiger partial charge is 0.494 e. The Morgan fingerprint density at radius 2 is 1.68 bits per heavy atom. The van der Waals surface area contributed by atoms with Crippen LogP contribution in [0.2, 0.25) is 0 Å². The van der Waals surface area contributed by atoms with Crippen molar-refractivity contribution in [2.45, 2.75) is 26.2 Å². The Hall–Kier alpha value is -2.82. The zero-order valence-electron chi connectivity index (χ0n) is 14.1. The van der Waals surface area contributed by atoms with Crippen LogP contribution in [0.25, 0.3) is 0 Å². The maximum absolute atomic E-state index is 12.4. The number of fused-ring (bicyclic) bond motifs is 1. The fourth-order valence-electron chi connectivity index (χ4n) is 3.36. The first-order valence-electron chi connectivity index (χ1n) is 8.35. The van der Waals surface area contributed by atoms with Crippen molar-refractivity contribution >= 4 is 17.6 Å². The van der Waals surface area contributed by atoms with Gasteiger partial charge < -0.3 is 15.2 Å². The van der Waals surface area contributed by atoms with Gasteiger partial charge in [0.15, 0.2) is 0 Å². The second kappa shape index (κ2) is 6.97. The van der Waals surface area contributed by atoms with E-state index in [1.807, 2.05) is 31.2 Å². The number of hydrogen-bond donors (Lipinski definition) is 2. The van der Waals surface area contributed by atoms with E-state index in [-0.39, 0.29) is 12.3 Å². The van der Waals surface area contributed by atoms with Crippen LogP contribution in [0.5, 0.6) is 5.75 Å². The summed E-state index contributed by atoms with van der Waals surface area (Å²) in [6.45, 7) is 2.48. The SMILES string of the molecule is CCOc1ccc(NC(=O)CC2(C(=O)O)Cc3ccccc3C2)cc1. The lowest BCUT2D eigenvalue weighted by Gasteiger charge is -2.23. The van der Waals surface area contributed by atoms with Crippen LogP contribution in [0, 0.1) is 5.41 Å². The summed E-state index contributed by atoms with van der Waals surface area (Å²) in [7, 11) is 0. The molecule has 25 heavy (non-hydrogen) atoms. The van der Waals surface area contributed by atoms with Crippen molar-refractivity contribution < 1.29 is 19.4 Å². The summed E-state index contributed by atoms with van der Waals surface area (Å²) in [4.78, 5) is 24.3. The standard InChI is InChI=1S/C20H21NO4/c1-2-25-17-9-7-16(8-10-17)21-18(22)13-20(19(23)24)11-14-5-3-4-6-15(14)12-20/h3-10H,2,11-13H2,1H3,(H,21,22)(H,23,24). The number of carboxylic acid groups (broad SMARTS) is 1. The zero-order valence-corrected chi connectivity index (χ0v) is 14.1. The van der Waals surface area contributed by atoms with Gasteiger partial charge in [-0.15, -0.1) is 0 Å². The van der Waals surface area contributed by atoms with Crippen molar-refractivity contribution in [3.8, 4) is 5.75 Å². The van der Waals surface area contributed by atoms with Gasteiger partial charge in [-0.25, -0.2) is 0 Å². The van der Waals surface area contributed by atoms with Gasteiger partial charge in [0, 0.05) is 12.1 Å². The lowest BCUT2D eigenvalue weighted by molar-refractivity contribution is -0.150. The molecule has 0 unspecified atom stereocenters. The first kappa shape index (κ1) is 17.0. The predicted molar refractivity (Wildman–Crippen MR) is 94.8 cm³/mol. The van der Waals surface area contributed by atoms with E-state index < -0.39 is 11.4 Å². The van der Waals surface area contributed by atoms with Crippen molar-refractivity contribution in [3.63, 3.8) is 0 Å². The van der Waals surface area contributed by atoms with Crippen LogP contribution in [0.1, 0.15) is 24.5 Å². The Morgan fingerprint density at radius 3 is 2.20 bits per heavy atom. The third-order valence-corrected chi connectivity index (χ3v) is 4.58. The molecule has 130 valence electrons. The number of rotatable bonds is 6. The molecule has 0 atom stereocenters. The number of anilines is 1. The third-order valence-electron chi connectivity index (χ3n) is 4.58. The number of benzene rings is 2. The number of carbonyl (C=O) groups is 2. The Balaban J connectivity index is 1.69. The summed E-state index contributed by atoms with van der Waals surface area (Å²) >= 11 is 0.